The third-order valence-electron chi connectivity index (χ3n) is 2.45. The zero-order valence-corrected chi connectivity index (χ0v) is 11.5. The van der Waals surface area contributed by atoms with Crippen molar-refractivity contribution in [3.05, 3.63) is 29.8 Å². The molecule has 1 aromatic carbocycles. The lowest BCUT2D eigenvalue weighted by Crippen LogP contribution is -2.32. The first-order valence-electron chi connectivity index (χ1n) is 5.85. The molecule has 1 rings (SSSR count). The topological polar surface area (TPSA) is 66.4 Å². The Labute approximate surface area is 111 Å². The monoisotopic (exact) mass is 293 g/mol. The molecule has 1 aromatic rings. The van der Waals surface area contributed by atoms with Crippen LogP contribution in [-0.4, -0.2) is 26.2 Å². The second kappa shape index (κ2) is 6.40. The van der Waals surface area contributed by atoms with Crippen LogP contribution in [0.4, 0.5) is 8.78 Å². The second-order valence-corrected chi connectivity index (χ2v) is 6.48. The van der Waals surface area contributed by atoms with E-state index < -0.39 is 27.8 Å². The van der Waals surface area contributed by atoms with E-state index in [1.807, 2.05) is 13.8 Å². The first-order chi connectivity index (χ1) is 8.72. The van der Waals surface area contributed by atoms with E-state index in [1.54, 1.807) is 0 Å². The number of hydrogen-bond donors (Lipinski definition) is 2. The number of sulfonamides is 1. The van der Waals surface area contributed by atoms with Gasteiger partial charge in [-0.2, -0.15) is 0 Å². The van der Waals surface area contributed by atoms with Crippen LogP contribution in [0.3, 0.4) is 0 Å². The normalized spacial score (nSPS) is 13.8. The van der Waals surface area contributed by atoms with E-state index in [-0.39, 0.29) is 17.4 Å². The lowest BCUT2D eigenvalue weighted by molar-refractivity contribution is 0.152. The fourth-order valence-electron chi connectivity index (χ4n) is 1.56. The van der Waals surface area contributed by atoms with Crippen LogP contribution in [-0.2, 0) is 10.0 Å². The maximum Gasteiger partial charge on any atom is 0.240 e. The molecule has 0 amide bonds. The molecule has 0 saturated heterocycles. The SMILES string of the molecule is CC(C)CC(O)CNS(=O)(=O)c1ccc(F)c(F)c1. The summed E-state index contributed by atoms with van der Waals surface area (Å²) in [5, 5.41) is 9.57. The fraction of sp³-hybridized carbons (Fsp3) is 0.500. The minimum Gasteiger partial charge on any atom is -0.392 e. The maximum absolute atomic E-state index is 13.0. The lowest BCUT2D eigenvalue weighted by atomic mass is 10.1. The molecule has 0 fully saturated rings. The van der Waals surface area contributed by atoms with Gasteiger partial charge in [0.05, 0.1) is 11.0 Å². The molecule has 19 heavy (non-hydrogen) atoms. The predicted octanol–water partition coefficient (Wildman–Crippen LogP) is 1.65. The molecular formula is C12H17F2NO3S. The summed E-state index contributed by atoms with van der Waals surface area (Å²) in [7, 11) is -3.95. The molecule has 0 heterocycles. The van der Waals surface area contributed by atoms with Gasteiger partial charge in [0.25, 0.3) is 0 Å². The standard InChI is InChI=1S/C12H17F2NO3S/c1-8(2)5-9(16)7-15-19(17,18)10-3-4-11(13)12(14)6-10/h3-4,6,8-9,15-16H,5,7H2,1-2H3. The van der Waals surface area contributed by atoms with Crippen molar-refractivity contribution in [2.45, 2.75) is 31.3 Å². The van der Waals surface area contributed by atoms with Crippen molar-refractivity contribution < 1.29 is 22.3 Å². The van der Waals surface area contributed by atoms with Crippen LogP contribution in [0, 0.1) is 17.6 Å². The van der Waals surface area contributed by atoms with Crippen LogP contribution in [0.5, 0.6) is 0 Å². The number of aliphatic hydroxyl groups is 1. The smallest absolute Gasteiger partial charge is 0.240 e. The molecule has 0 saturated carbocycles. The largest absolute Gasteiger partial charge is 0.392 e. The molecule has 0 bridgehead atoms. The Morgan fingerprint density at radius 1 is 1.26 bits per heavy atom. The minimum atomic E-state index is -3.95. The average molecular weight is 293 g/mol. The Kier molecular flexibility index (Phi) is 5.39. The molecule has 2 N–H and O–H groups in total. The summed E-state index contributed by atoms with van der Waals surface area (Å²) in [6, 6.07) is 2.32. The highest BCUT2D eigenvalue weighted by Gasteiger charge is 2.18. The van der Waals surface area contributed by atoms with Gasteiger partial charge in [-0.25, -0.2) is 21.9 Å². The first-order valence-corrected chi connectivity index (χ1v) is 7.33. The van der Waals surface area contributed by atoms with Gasteiger partial charge < -0.3 is 5.11 Å². The molecule has 1 atom stereocenters. The molecular weight excluding hydrogens is 276 g/mol. The van der Waals surface area contributed by atoms with Gasteiger partial charge in [-0.3, -0.25) is 0 Å². The van der Waals surface area contributed by atoms with Crippen molar-refractivity contribution in [1.29, 1.82) is 0 Å². The van der Waals surface area contributed by atoms with Crippen LogP contribution >= 0.6 is 0 Å². The lowest BCUT2D eigenvalue weighted by Gasteiger charge is -2.14. The molecule has 0 aromatic heterocycles. The predicted molar refractivity (Wildman–Crippen MR) is 67.0 cm³/mol. The molecule has 0 aliphatic heterocycles. The van der Waals surface area contributed by atoms with Gasteiger partial charge in [0.1, 0.15) is 0 Å². The molecule has 0 radical (unpaired) electrons. The number of nitrogens with one attached hydrogen (secondary N) is 1. The third-order valence-corrected chi connectivity index (χ3v) is 3.88. The van der Waals surface area contributed by atoms with E-state index >= 15 is 0 Å². The highest BCUT2D eigenvalue weighted by Crippen LogP contribution is 2.14. The van der Waals surface area contributed by atoms with Crippen molar-refractivity contribution in [3.63, 3.8) is 0 Å². The van der Waals surface area contributed by atoms with Gasteiger partial charge in [-0.05, 0) is 30.5 Å². The Morgan fingerprint density at radius 3 is 2.42 bits per heavy atom. The van der Waals surface area contributed by atoms with Crippen LogP contribution in [0.15, 0.2) is 23.1 Å². The molecule has 0 spiro atoms. The van der Waals surface area contributed by atoms with Crippen molar-refractivity contribution in [3.8, 4) is 0 Å². The number of benzene rings is 1. The molecule has 4 nitrogen and oxygen atoms in total. The second-order valence-electron chi connectivity index (χ2n) is 4.71. The Bertz CT molecular complexity index is 532. The van der Waals surface area contributed by atoms with Crippen molar-refractivity contribution in [2.75, 3.05) is 6.54 Å². The van der Waals surface area contributed by atoms with E-state index in [2.05, 4.69) is 4.72 Å². The van der Waals surface area contributed by atoms with Gasteiger partial charge in [0.2, 0.25) is 10.0 Å². The zero-order valence-electron chi connectivity index (χ0n) is 10.7. The fourth-order valence-corrected chi connectivity index (χ4v) is 2.65. The Hall–Kier alpha value is -1.05. The summed E-state index contributed by atoms with van der Waals surface area (Å²) in [4.78, 5) is -0.372. The number of hydrogen-bond acceptors (Lipinski definition) is 3. The van der Waals surface area contributed by atoms with Crippen LogP contribution in [0.25, 0.3) is 0 Å². The summed E-state index contributed by atoms with van der Waals surface area (Å²) in [5.74, 6) is -2.12. The van der Waals surface area contributed by atoms with Crippen LogP contribution < -0.4 is 4.72 Å². The van der Waals surface area contributed by atoms with Crippen LogP contribution in [0.2, 0.25) is 0 Å². The van der Waals surface area contributed by atoms with Crippen molar-refractivity contribution in [1.82, 2.24) is 4.72 Å². The minimum absolute atomic E-state index is 0.167. The Morgan fingerprint density at radius 2 is 1.89 bits per heavy atom. The third kappa shape index (κ3) is 4.85. The van der Waals surface area contributed by atoms with E-state index in [0.717, 1.165) is 12.1 Å². The molecule has 108 valence electrons. The molecule has 1 unspecified atom stereocenters. The maximum atomic E-state index is 13.0. The molecule has 7 heteroatoms. The van der Waals surface area contributed by atoms with Gasteiger partial charge in [0.15, 0.2) is 11.6 Å². The van der Waals surface area contributed by atoms with Gasteiger partial charge in [0, 0.05) is 6.54 Å². The van der Waals surface area contributed by atoms with Crippen LogP contribution in [0.1, 0.15) is 20.3 Å². The summed E-state index contributed by atoms with van der Waals surface area (Å²) < 4.78 is 51.4. The molecule has 0 aliphatic rings. The first kappa shape index (κ1) is 16.0. The summed E-state index contributed by atoms with van der Waals surface area (Å²) >= 11 is 0. The van der Waals surface area contributed by atoms with E-state index in [0.29, 0.717) is 12.5 Å². The van der Waals surface area contributed by atoms with E-state index in [9.17, 15) is 22.3 Å². The highest BCUT2D eigenvalue weighted by molar-refractivity contribution is 7.89. The zero-order chi connectivity index (χ0) is 14.6. The summed E-state index contributed by atoms with van der Waals surface area (Å²) in [6.45, 7) is 3.62. The average Bonchev–Trinajstić information content (AvgIpc) is 2.29. The molecule has 0 aliphatic carbocycles. The van der Waals surface area contributed by atoms with Gasteiger partial charge in [-0.1, -0.05) is 13.8 Å². The van der Waals surface area contributed by atoms with Crippen molar-refractivity contribution >= 4 is 10.0 Å². The number of rotatable bonds is 6. The van der Waals surface area contributed by atoms with E-state index in [1.165, 1.54) is 0 Å². The quantitative estimate of drug-likeness (QED) is 0.838. The van der Waals surface area contributed by atoms with Crippen molar-refractivity contribution in [2.24, 2.45) is 5.92 Å². The summed E-state index contributed by atoms with van der Waals surface area (Å²) in [6.07, 6.45) is -0.375. The van der Waals surface area contributed by atoms with E-state index in [4.69, 9.17) is 0 Å². The number of halogens is 2. The number of aliphatic hydroxyl groups excluding tert-OH is 1. The van der Waals surface area contributed by atoms with Gasteiger partial charge in [-0.15, -0.1) is 0 Å². The van der Waals surface area contributed by atoms with Gasteiger partial charge >= 0.3 is 0 Å². The highest BCUT2D eigenvalue weighted by atomic mass is 32.2. The Balaban J connectivity index is 2.73. The summed E-state index contributed by atoms with van der Waals surface area (Å²) in [5.41, 5.74) is 0.